The van der Waals surface area contributed by atoms with E-state index < -0.39 is 27.8 Å². The van der Waals surface area contributed by atoms with Crippen molar-refractivity contribution in [3.05, 3.63) is 47.9 Å². The number of benzene rings is 1. The van der Waals surface area contributed by atoms with Gasteiger partial charge in [-0.3, -0.25) is 4.79 Å². The molecular weight excluding hydrogens is 308 g/mol. The highest BCUT2D eigenvalue weighted by Gasteiger charge is 2.37. The van der Waals surface area contributed by atoms with Crippen molar-refractivity contribution in [2.24, 2.45) is 0 Å². The summed E-state index contributed by atoms with van der Waals surface area (Å²) in [6, 6.07) is 8.68. The van der Waals surface area contributed by atoms with Gasteiger partial charge < -0.3 is 9.26 Å². The summed E-state index contributed by atoms with van der Waals surface area (Å²) in [4.78, 5) is 12.2. The summed E-state index contributed by atoms with van der Waals surface area (Å²) in [6.45, 7) is 1.82. The van der Waals surface area contributed by atoms with Crippen LogP contribution in [0.25, 0.3) is 0 Å². The molecule has 0 bridgehead atoms. The number of carbonyl (C=O) groups excluding carboxylic acids is 1. The van der Waals surface area contributed by atoms with E-state index in [0.717, 1.165) is 5.56 Å². The largest absolute Gasteiger partial charge is 0.480 e. The third kappa shape index (κ3) is 2.82. The maximum absolute atomic E-state index is 12.2. The van der Waals surface area contributed by atoms with E-state index in [1.54, 1.807) is 12.1 Å². The first-order valence-electron chi connectivity index (χ1n) is 6.65. The Bertz CT molecular complexity index is 785. The van der Waals surface area contributed by atoms with Crippen LogP contribution in [0.4, 0.5) is 0 Å². The molecule has 2 aromatic rings. The average molecular weight is 322 g/mol. The molecule has 0 saturated carbocycles. The van der Waals surface area contributed by atoms with Crippen LogP contribution in [0.1, 0.15) is 24.1 Å². The van der Waals surface area contributed by atoms with E-state index in [4.69, 9.17) is 4.74 Å². The molecule has 0 aliphatic carbocycles. The number of carbonyl (C=O) groups is 1. The molecule has 2 heterocycles. The number of hydrogen-bond donors (Lipinski definition) is 1. The number of amides is 1. The van der Waals surface area contributed by atoms with Gasteiger partial charge in [0.05, 0.1) is 0 Å². The van der Waals surface area contributed by atoms with E-state index >= 15 is 0 Å². The Labute approximate surface area is 127 Å². The Morgan fingerprint density at radius 2 is 2.09 bits per heavy atom. The number of ether oxygens (including phenoxy) is 1. The van der Waals surface area contributed by atoms with Crippen LogP contribution in [-0.2, 0) is 20.6 Å². The Morgan fingerprint density at radius 1 is 1.32 bits per heavy atom. The second-order valence-corrected chi connectivity index (χ2v) is 6.80. The van der Waals surface area contributed by atoms with E-state index in [2.05, 4.69) is 9.68 Å². The number of nitrogens with one attached hydrogen (secondary N) is 1. The molecule has 0 radical (unpaired) electrons. The van der Waals surface area contributed by atoms with Gasteiger partial charge in [0, 0.05) is 17.5 Å². The minimum atomic E-state index is -3.85. The van der Waals surface area contributed by atoms with Crippen LogP contribution in [0.3, 0.4) is 0 Å². The highest BCUT2D eigenvalue weighted by molar-refractivity contribution is 7.89. The minimum absolute atomic E-state index is 0.224. The Hall–Kier alpha value is -2.35. The highest BCUT2D eigenvalue weighted by Crippen LogP contribution is 2.37. The highest BCUT2D eigenvalue weighted by atomic mass is 32.2. The van der Waals surface area contributed by atoms with Crippen molar-refractivity contribution >= 4 is 15.9 Å². The van der Waals surface area contributed by atoms with Gasteiger partial charge in [0.15, 0.2) is 6.10 Å². The lowest BCUT2D eigenvalue weighted by Crippen LogP contribution is -2.42. The number of hydrogen-bond acceptors (Lipinski definition) is 6. The van der Waals surface area contributed by atoms with Crippen molar-refractivity contribution in [2.45, 2.75) is 24.7 Å². The Balaban J connectivity index is 1.71. The minimum Gasteiger partial charge on any atom is -0.480 e. The van der Waals surface area contributed by atoms with Crippen LogP contribution in [0.5, 0.6) is 5.75 Å². The second-order valence-electron chi connectivity index (χ2n) is 5.08. The second kappa shape index (κ2) is 5.45. The topological polar surface area (TPSA) is 98.5 Å². The molecule has 1 aliphatic rings. The predicted octanol–water partition coefficient (Wildman–Crippen LogP) is 1.19. The van der Waals surface area contributed by atoms with Gasteiger partial charge in [-0.1, -0.05) is 30.3 Å². The van der Waals surface area contributed by atoms with Crippen molar-refractivity contribution in [3.8, 4) is 5.75 Å². The molecule has 1 aliphatic heterocycles. The zero-order chi connectivity index (χ0) is 15.7. The standard InChI is InChI=1S/C14H14N2O5S/c1-9-11-4-2-3-5-12(11)21-13(9)14(17)16-22(18,19)8-10-6-7-20-15-10/h2-7,9,13H,8H2,1H3,(H,16,17)/t9-,13+/m0/s1. The third-order valence-corrected chi connectivity index (χ3v) is 4.65. The fourth-order valence-electron chi connectivity index (χ4n) is 2.40. The number of nitrogens with zero attached hydrogens (tertiary/aromatic N) is 1. The zero-order valence-electron chi connectivity index (χ0n) is 11.7. The first kappa shape index (κ1) is 14.6. The predicted molar refractivity (Wildman–Crippen MR) is 76.5 cm³/mol. The fourth-order valence-corrected chi connectivity index (χ4v) is 3.43. The summed E-state index contributed by atoms with van der Waals surface area (Å²) in [5, 5.41) is 3.52. The van der Waals surface area contributed by atoms with Crippen LogP contribution < -0.4 is 9.46 Å². The molecule has 2 atom stereocenters. The van der Waals surface area contributed by atoms with E-state index in [1.807, 2.05) is 23.8 Å². The molecule has 22 heavy (non-hydrogen) atoms. The monoisotopic (exact) mass is 322 g/mol. The van der Waals surface area contributed by atoms with Gasteiger partial charge in [-0.15, -0.1) is 0 Å². The third-order valence-electron chi connectivity index (χ3n) is 3.46. The van der Waals surface area contributed by atoms with Gasteiger partial charge in [-0.2, -0.15) is 0 Å². The lowest BCUT2D eigenvalue weighted by molar-refractivity contribution is -0.126. The molecule has 0 saturated heterocycles. The van der Waals surface area contributed by atoms with Gasteiger partial charge in [-0.25, -0.2) is 13.1 Å². The van der Waals surface area contributed by atoms with Crippen LogP contribution in [0.15, 0.2) is 41.1 Å². The summed E-state index contributed by atoms with van der Waals surface area (Å²) in [7, 11) is -3.85. The van der Waals surface area contributed by atoms with Gasteiger partial charge in [0.2, 0.25) is 10.0 Å². The molecule has 7 nitrogen and oxygen atoms in total. The first-order chi connectivity index (χ1) is 10.5. The fraction of sp³-hybridized carbons (Fsp3) is 0.286. The maximum Gasteiger partial charge on any atom is 0.275 e. The lowest BCUT2D eigenvalue weighted by atomic mass is 9.97. The molecule has 0 unspecified atom stereocenters. The van der Waals surface area contributed by atoms with E-state index in [0.29, 0.717) is 5.75 Å². The smallest absolute Gasteiger partial charge is 0.275 e. The molecular formula is C14H14N2O5S. The lowest BCUT2D eigenvalue weighted by Gasteiger charge is -2.15. The molecule has 0 fully saturated rings. The molecule has 116 valence electrons. The molecule has 3 rings (SSSR count). The SMILES string of the molecule is C[C@H]1c2ccccc2O[C@H]1C(=O)NS(=O)(=O)Cc1ccon1. The van der Waals surface area contributed by atoms with Crippen LogP contribution in [0.2, 0.25) is 0 Å². The number of para-hydroxylation sites is 1. The van der Waals surface area contributed by atoms with E-state index in [1.165, 1.54) is 12.3 Å². The van der Waals surface area contributed by atoms with Gasteiger partial charge in [-0.05, 0) is 6.07 Å². The van der Waals surface area contributed by atoms with Crippen molar-refractivity contribution in [2.75, 3.05) is 0 Å². The van der Waals surface area contributed by atoms with Crippen LogP contribution in [-0.4, -0.2) is 25.6 Å². The van der Waals surface area contributed by atoms with Gasteiger partial charge in [0.25, 0.3) is 5.91 Å². The Morgan fingerprint density at radius 3 is 2.77 bits per heavy atom. The van der Waals surface area contributed by atoms with Gasteiger partial charge in [0.1, 0.15) is 23.5 Å². The number of aromatic nitrogens is 1. The van der Waals surface area contributed by atoms with E-state index in [-0.39, 0.29) is 11.6 Å². The van der Waals surface area contributed by atoms with Crippen molar-refractivity contribution < 1.29 is 22.5 Å². The Kier molecular flexibility index (Phi) is 3.61. The summed E-state index contributed by atoms with van der Waals surface area (Å²) in [6.07, 6.45) is 0.398. The van der Waals surface area contributed by atoms with Crippen molar-refractivity contribution in [3.63, 3.8) is 0 Å². The molecule has 8 heteroatoms. The molecule has 1 aromatic heterocycles. The number of sulfonamides is 1. The summed E-state index contributed by atoms with van der Waals surface area (Å²) < 4.78 is 36.1. The van der Waals surface area contributed by atoms with Crippen LogP contribution in [0, 0.1) is 0 Å². The molecule has 1 amide bonds. The zero-order valence-corrected chi connectivity index (χ0v) is 12.5. The molecule has 1 aromatic carbocycles. The van der Waals surface area contributed by atoms with E-state index in [9.17, 15) is 13.2 Å². The van der Waals surface area contributed by atoms with Crippen molar-refractivity contribution in [1.29, 1.82) is 0 Å². The van der Waals surface area contributed by atoms with Crippen molar-refractivity contribution in [1.82, 2.24) is 9.88 Å². The maximum atomic E-state index is 12.2. The first-order valence-corrected chi connectivity index (χ1v) is 8.31. The average Bonchev–Trinajstić information content (AvgIpc) is 3.06. The summed E-state index contributed by atoms with van der Waals surface area (Å²) >= 11 is 0. The quantitative estimate of drug-likeness (QED) is 0.907. The normalized spacial score (nSPS) is 20.2. The molecule has 0 spiro atoms. The molecule has 1 N–H and O–H groups in total. The summed E-state index contributed by atoms with van der Waals surface area (Å²) in [5.74, 6) is -0.738. The number of rotatable bonds is 4. The van der Waals surface area contributed by atoms with Gasteiger partial charge >= 0.3 is 0 Å². The number of fused-ring (bicyclic) bond motifs is 1. The van der Waals surface area contributed by atoms with Crippen LogP contribution >= 0.6 is 0 Å². The summed E-state index contributed by atoms with van der Waals surface area (Å²) in [5.41, 5.74) is 1.11.